The highest BCUT2D eigenvalue weighted by molar-refractivity contribution is 6.32. The van der Waals surface area contributed by atoms with Gasteiger partial charge in [-0.3, -0.25) is 15.0 Å². The van der Waals surface area contributed by atoms with Crippen LogP contribution in [-0.2, 0) is 9.59 Å². The van der Waals surface area contributed by atoms with Gasteiger partial charge in [0.1, 0.15) is 5.57 Å². The van der Waals surface area contributed by atoms with Gasteiger partial charge in [-0.05, 0) is 60.2 Å². The van der Waals surface area contributed by atoms with Crippen LogP contribution in [0, 0.1) is 0 Å². The molecule has 156 valence electrons. The van der Waals surface area contributed by atoms with E-state index in [1.165, 1.54) is 31.6 Å². The topological polar surface area (TPSA) is 98.1 Å². The van der Waals surface area contributed by atoms with Crippen LogP contribution in [0.25, 0.3) is 6.08 Å². The van der Waals surface area contributed by atoms with E-state index in [9.17, 15) is 14.4 Å². The fourth-order valence-corrected chi connectivity index (χ4v) is 3.03. The Kier molecular flexibility index (Phi) is 5.46. The Morgan fingerprint density at radius 3 is 2.55 bits per heavy atom. The number of nitrogens with zero attached hydrogens (tertiary/aromatic N) is 1. The van der Waals surface area contributed by atoms with Crippen LogP contribution in [0.3, 0.4) is 0 Å². The molecule has 1 aliphatic rings. The predicted molar refractivity (Wildman–Crippen MR) is 112 cm³/mol. The van der Waals surface area contributed by atoms with Crippen molar-refractivity contribution in [3.05, 3.63) is 82.8 Å². The number of benzene rings is 2. The molecule has 0 atom stereocenters. The second-order valence-corrected chi connectivity index (χ2v) is 6.83. The van der Waals surface area contributed by atoms with Gasteiger partial charge in [0, 0.05) is 5.02 Å². The molecule has 0 radical (unpaired) electrons. The lowest BCUT2D eigenvalue weighted by Crippen LogP contribution is -2.35. The van der Waals surface area contributed by atoms with Crippen LogP contribution in [0.5, 0.6) is 11.5 Å². The fourth-order valence-electron chi connectivity index (χ4n) is 2.90. The number of nitrogens with one attached hydrogen (secondary N) is 1. The maximum atomic E-state index is 12.7. The van der Waals surface area contributed by atoms with E-state index in [-0.39, 0.29) is 22.8 Å². The molecular formula is C22H15ClN2O6. The second-order valence-electron chi connectivity index (χ2n) is 6.39. The number of ether oxygens (including phenoxy) is 2. The van der Waals surface area contributed by atoms with E-state index in [2.05, 4.69) is 5.43 Å². The van der Waals surface area contributed by atoms with Gasteiger partial charge >= 0.3 is 5.97 Å². The molecule has 4 rings (SSSR count). The highest BCUT2D eigenvalue weighted by Crippen LogP contribution is 2.30. The van der Waals surface area contributed by atoms with Gasteiger partial charge in [-0.25, -0.2) is 9.80 Å². The van der Waals surface area contributed by atoms with Crippen LogP contribution >= 0.6 is 11.6 Å². The number of amides is 2. The van der Waals surface area contributed by atoms with E-state index >= 15 is 0 Å². The highest BCUT2D eigenvalue weighted by Gasteiger charge is 2.34. The summed E-state index contributed by atoms with van der Waals surface area (Å²) >= 11 is 5.87. The number of hydrogen-bond donors (Lipinski definition) is 1. The third-order valence-corrected chi connectivity index (χ3v) is 4.65. The molecule has 1 N–H and O–H groups in total. The van der Waals surface area contributed by atoms with Crippen LogP contribution in [-0.4, -0.2) is 24.9 Å². The predicted octanol–water partition coefficient (Wildman–Crippen LogP) is 3.62. The standard InChI is InChI=1S/C22H15ClN2O6/c1-29-19-12-13(4-9-17(19)31-22(28)18-3-2-10-30-18)11-16-20(26)24-25(21(16)27)15-7-5-14(23)6-8-15/h2-12H,1H3,(H,24,26)/b16-11+. The third kappa shape index (κ3) is 4.15. The maximum Gasteiger partial charge on any atom is 0.379 e. The molecule has 2 aromatic carbocycles. The summed E-state index contributed by atoms with van der Waals surface area (Å²) in [7, 11) is 1.41. The molecule has 1 aliphatic heterocycles. The summed E-state index contributed by atoms with van der Waals surface area (Å²) in [6.07, 6.45) is 2.79. The van der Waals surface area contributed by atoms with Crippen molar-refractivity contribution in [2.45, 2.75) is 0 Å². The zero-order valence-electron chi connectivity index (χ0n) is 16.1. The lowest BCUT2D eigenvalue weighted by Gasteiger charge is -2.14. The molecule has 0 unspecified atom stereocenters. The van der Waals surface area contributed by atoms with Crippen molar-refractivity contribution < 1.29 is 28.3 Å². The van der Waals surface area contributed by atoms with Crippen molar-refractivity contribution in [2.24, 2.45) is 0 Å². The number of methoxy groups -OCH3 is 1. The molecule has 0 bridgehead atoms. The van der Waals surface area contributed by atoms with E-state index in [0.717, 1.165) is 5.01 Å². The number of furan rings is 1. The van der Waals surface area contributed by atoms with Gasteiger partial charge in [0.15, 0.2) is 11.5 Å². The van der Waals surface area contributed by atoms with E-state index in [0.29, 0.717) is 16.3 Å². The molecule has 8 nitrogen and oxygen atoms in total. The monoisotopic (exact) mass is 438 g/mol. The highest BCUT2D eigenvalue weighted by atomic mass is 35.5. The Balaban J connectivity index is 1.58. The van der Waals surface area contributed by atoms with Gasteiger partial charge in [0.25, 0.3) is 11.8 Å². The molecule has 2 amide bonds. The Bertz CT molecular complexity index is 1190. The molecule has 1 aromatic heterocycles. The van der Waals surface area contributed by atoms with Crippen molar-refractivity contribution >= 4 is 41.1 Å². The van der Waals surface area contributed by atoms with Gasteiger partial charge in [-0.2, -0.15) is 0 Å². The number of hydrazine groups is 1. The van der Waals surface area contributed by atoms with E-state index < -0.39 is 17.8 Å². The Hall–Kier alpha value is -4.04. The molecule has 0 aliphatic carbocycles. The maximum absolute atomic E-state index is 12.7. The minimum atomic E-state index is -0.682. The number of esters is 1. The Morgan fingerprint density at radius 1 is 1.10 bits per heavy atom. The van der Waals surface area contributed by atoms with Crippen LogP contribution in [0.15, 0.2) is 70.9 Å². The van der Waals surface area contributed by atoms with Gasteiger partial charge < -0.3 is 13.9 Å². The summed E-state index contributed by atoms with van der Waals surface area (Å²) in [5, 5.41) is 1.65. The third-order valence-electron chi connectivity index (χ3n) is 4.40. The average Bonchev–Trinajstić information content (AvgIpc) is 3.40. The molecule has 9 heteroatoms. The van der Waals surface area contributed by atoms with Crippen molar-refractivity contribution in [3.63, 3.8) is 0 Å². The van der Waals surface area contributed by atoms with Crippen LogP contribution in [0.1, 0.15) is 16.1 Å². The molecular weight excluding hydrogens is 424 g/mol. The summed E-state index contributed by atoms with van der Waals surface area (Å²) in [6.45, 7) is 0. The molecule has 1 saturated heterocycles. The largest absolute Gasteiger partial charge is 0.493 e. The lowest BCUT2D eigenvalue weighted by molar-refractivity contribution is -0.117. The fraction of sp³-hybridized carbons (Fsp3) is 0.0455. The first-order valence-corrected chi connectivity index (χ1v) is 9.40. The van der Waals surface area contributed by atoms with E-state index in [4.69, 9.17) is 25.5 Å². The smallest absolute Gasteiger partial charge is 0.379 e. The molecule has 1 fully saturated rings. The van der Waals surface area contributed by atoms with E-state index in [1.807, 2.05) is 0 Å². The van der Waals surface area contributed by atoms with Gasteiger partial charge in [-0.15, -0.1) is 0 Å². The van der Waals surface area contributed by atoms with Gasteiger partial charge in [0.05, 0.1) is 19.1 Å². The van der Waals surface area contributed by atoms with Crippen molar-refractivity contribution in [2.75, 3.05) is 12.1 Å². The number of carbonyl (C=O) groups is 3. The van der Waals surface area contributed by atoms with E-state index in [1.54, 1.807) is 42.5 Å². The first-order chi connectivity index (χ1) is 15.0. The molecule has 31 heavy (non-hydrogen) atoms. The van der Waals surface area contributed by atoms with Crippen LogP contribution < -0.4 is 19.9 Å². The first kappa shape index (κ1) is 20.2. The summed E-state index contributed by atoms with van der Waals surface area (Å²) in [4.78, 5) is 37.2. The van der Waals surface area contributed by atoms with Gasteiger partial charge in [-0.1, -0.05) is 17.7 Å². The Morgan fingerprint density at radius 2 is 1.87 bits per heavy atom. The van der Waals surface area contributed by atoms with Crippen molar-refractivity contribution in [1.82, 2.24) is 5.43 Å². The van der Waals surface area contributed by atoms with Crippen LogP contribution in [0.2, 0.25) is 5.02 Å². The molecule has 0 spiro atoms. The molecule has 0 saturated carbocycles. The average molecular weight is 439 g/mol. The minimum absolute atomic E-state index is 0.0451. The number of hydrogen-bond acceptors (Lipinski definition) is 6. The molecule has 3 aromatic rings. The summed E-state index contributed by atoms with van der Waals surface area (Å²) < 4.78 is 15.6. The minimum Gasteiger partial charge on any atom is -0.493 e. The molecule has 2 heterocycles. The zero-order valence-corrected chi connectivity index (χ0v) is 16.9. The number of rotatable bonds is 5. The normalized spacial score (nSPS) is 14.6. The summed E-state index contributed by atoms with van der Waals surface area (Å²) in [6, 6.07) is 14.2. The number of anilines is 1. The zero-order chi connectivity index (χ0) is 22.0. The Labute approximate surface area is 181 Å². The second kappa shape index (κ2) is 8.37. The van der Waals surface area contributed by atoms with Gasteiger partial charge in [0.2, 0.25) is 5.76 Å². The SMILES string of the molecule is COc1cc(/C=C2\C(=O)NN(c3ccc(Cl)cc3)C2=O)ccc1OC(=O)c1ccco1. The summed E-state index contributed by atoms with van der Waals surface area (Å²) in [5.41, 5.74) is 3.44. The number of carbonyl (C=O) groups excluding carboxylic acids is 3. The first-order valence-electron chi connectivity index (χ1n) is 9.02. The van der Waals surface area contributed by atoms with Crippen molar-refractivity contribution in [1.29, 1.82) is 0 Å². The quantitative estimate of drug-likeness (QED) is 0.283. The van der Waals surface area contributed by atoms with Crippen LogP contribution in [0.4, 0.5) is 5.69 Å². The summed E-state index contributed by atoms with van der Waals surface area (Å²) in [5.74, 6) is -1.29. The number of halogens is 1. The van der Waals surface area contributed by atoms with Crippen molar-refractivity contribution in [3.8, 4) is 11.5 Å². The lowest BCUT2D eigenvalue weighted by atomic mass is 10.1.